The fourth-order valence-corrected chi connectivity index (χ4v) is 1.38. The van der Waals surface area contributed by atoms with Crippen LogP contribution in [0.25, 0.3) is 6.08 Å². The molecule has 0 aliphatic carbocycles. The van der Waals surface area contributed by atoms with Gasteiger partial charge in [-0.3, -0.25) is 4.79 Å². The number of aromatic amines is 1. The zero-order valence-electron chi connectivity index (χ0n) is 8.43. The van der Waals surface area contributed by atoms with Crippen LogP contribution in [0.15, 0.2) is 16.5 Å². The van der Waals surface area contributed by atoms with Gasteiger partial charge in [0.05, 0.1) is 5.56 Å². The van der Waals surface area contributed by atoms with E-state index in [-0.39, 0.29) is 10.7 Å². The summed E-state index contributed by atoms with van der Waals surface area (Å²) < 4.78 is 0. The molecule has 0 spiro atoms. The number of hydrogen-bond donors (Lipinski definition) is 1. The van der Waals surface area contributed by atoms with Crippen molar-refractivity contribution in [3.63, 3.8) is 0 Å². The maximum Gasteiger partial charge on any atom is 0.260 e. The Morgan fingerprint density at radius 2 is 2.14 bits per heavy atom. The van der Waals surface area contributed by atoms with Crippen LogP contribution in [0.4, 0.5) is 0 Å². The fraction of sp³-hybridized carbons (Fsp3) is 0.333. The summed E-state index contributed by atoms with van der Waals surface area (Å²) in [6.45, 7) is 7.46. The zero-order valence-corrected chi connectivity index (χ0v) is 10.00. The van der Waals surface area contributed by atoms with E-state index in [0.29, 0.717) is 10.7 Å². The highest BCUT2D eigenvalue weighted by Crippen LogP contribution is 2.13. The average molecular weight is 233 g/mol. The molecule has 0 fully saturated rings. The van der Waals surface area contributed by atoms with E-state index in [0.717, 1.165) is 0 Å². The molecular formula is C9H13ClN2OS. The van der Waals surface area contributed by atoms with Crippen molar-refractivity contribution in [3.8, 4) is 0 Å². The lowest BCUT2D eigenvalue weighted by atomic mass is 10.3. The van der Waals surface area contributed by atoms with Crippen LogP contribution in [-0.4, -0.2) is 16.2 Å². The topological polar surface area (TPSA) is 45.8 Å². The summed E-state index contributed by atoms with van der Waals surface area (Å²) in [5.74, 6) is 0. The molecule has 0 aliphatic rings. The van der Waals surface area contributed by atoms with Gasteiger partial charge in [0, 0.05) is 0 Å². The Bertz CT molecular complexity index is 362. The Morgan fingerprint density at radius 3 is 2.50 bits per heavy atom. The van der Waals surface area contributed by atoms with Crippen molar-refractivity contribution in [2.24, 2.45) is 0 Å². The molecule has 0 amide bonds. The second kappa shape index (κ2) is 6.68. The average Bonchev–Trinajstić information content (AvgIpc) is 2.20. The second-order valence-electron chi connectivity index (χ2n) is 1.98. The van der Waals surface area contributed by atoms with Gasteiger partial charge in [-0.2, -0.15) is 0 Å². The number of aromatic nitrogens is 2. The van der Waals surface area contributed by atoms with Crippen LogP contribution in [0.5, 0.6) is 0 Å². The molecule has 0 radical (unpaired) electrons. The Balaban J connectivity index is 0.000000791. The molecule has 78 valence electrons. The van der Waals surface area contributed by atoms with Gasteiger partial charge in [0.25, 0.3) is 5.56 Å². The van der Waals surface area contributed by atoms with Crippen LogP contribution < -0.4 is 5.56 Å². The Labute approximate surface area is 92.6 Å². The van der Waals surface area contributed by atoms with Gasteiger partial charge in [0.1, 0.15) is 5.15 Å². The molecule has 0 aliphatic heterocycles. The van der Waals surface area contributed by atoms with E-state index in [4.69, 9.17) is 11.6 Å². The van der Waals surface area contributed by atoms with Gasteiger partial charge < -0.3 is 4.98 Å². The van der Waals surface area contributed by atoms with Crippen molar-refractivity contribution in [3.05, 3.63) is 27.6 Å². The second-order valence-corrected chi connectivity index (χ2v) is 3.14. The molecule has 0 saturated carbocycles. The minimum atomic E-state index is -0.255. The highest BCUT2D eigenvalue weighted by molar-refractivity contribution is 7.98. The third-order valence-corrected chi connectivity index (χ3v) is 2.15. The summed E-state index contributed by atoms with van der Waals surface area (Å²) in [5.41, 5.74) is 0.0591. The number of hydrogen-bond acceptors (Lipinski definition) is 3. The summed E-state index contributed by atoms with van der Waals surface area (Å²) in [5, 5.41) is 0.703. The summed E-state index contributed by atoms with van der Waals surface area (Å²) in [4.78, 5) is 17.7. The van der Waals surface area contributed by atoms with Crippen LogP contribution >= 0.6 is 23.4 Å². The van der Waals surface area contributed by atoms with Gasteiger partial charge in [-0.05, 0) is 6.26 Å². The Hall–Kier alpha value is -0.740. The molecule has 1 rings (SSSR count). The number of rotatable bonds is 2. The molecular weight excluding hydrogens is 220 g/mol. The number of thioether (sulfide) groups is 1. The number of nitrogens with zero attached hydrogens (tertiary/aromatic N) is 1. The van der Waals surface area contributed by atoms with Crippen LogP contribution in [0.1, 0.15) is 19.4 Å². The van der Waals surface area contributed by atoms with Gasteiger partial charge in [-0.25, -0.2) is 4.98 Å². The Kier molecular flexibility index (Phi) is 6.32. The highest BCUT2D eigenvalue weighted by Gasteiger charge is 2.04. The summed E-state index contributed by atoms with van der Waals surface area (Å²) >= 11 is 7.03. The van der Waals surface area contributed by atoms with E-state index in [1.165, 1.54) is 17.8 Å². The smallest absolute Gasteiger partial charge is 0.260 e. The predicted octanol–water partition coefficient (Wildman–Crippen LogP) is 2.81. The predicted molar refractivity (Wildman–Crippen MR) is 63.1 cm³/mol. The third-order valence-electron chi connectivity index (χ3n) is 1.28. The van der Waals surface area contributed by atoms with E-state index in [9.17, 15) is 4.79 Å². The van der Waals surface area contributed by atoms with E-state index in [1.54, 1.807) is 0 Å². The lowest BCUT2D eigenvalue weighted by molar-refractivity contribution is 0.935. The number of halogens is 1. The minimum absolute atomic E-state index is 0.193. The van der Waals surface area contributed by atoms with Crippen LogP contribution in [0.2, 0.25) is 5.15 Å². The third kappa shape index (κ3) is 3.20. The molecule has 1 aromatic rings. The van der Waals surface area contributed by atoms with Gasteiger partial charge in [-0.15, -0.1) is 0 Å². The fourth-order valence-electron chi connectivity index (χ4n) is 0.709. The normalized spacial score (nSPS) is 8.86. The number of nitrogens with one attached hydrogen (secondary N) is 1. The van der Waals surface area contributed by atoms with Gasteiger partial charge >= 0.3 is 0 Å². The first-order valence-corrected chi connectivity index (χ1v) is 5.75. The van der Waals surface area contributed by atoms with Gasteiger partial charge in [0.15, 0.2) is 5.16 Å². The van der Waals surface area contributed by atoms with Crippen molar-refractivity contribution < 1.29 is 0 Å². The molecule has 1 N–H and O–H groups in total. The lowest BCUT2D eigenvalue weighted by Gasteiger charge is -1.98. The standard InChI is InChI=1S/C7H7ClN2OS.C2H6/c1-3-4-5(8)9-7(12-2)10-6(4)11;1-2/h3H,1H2,2H3,(H,9,10,11);1-2H3. The Morgan fingerprint density at radius 1 is 1.57 bits per heavy atom. The zero-order chi connectivity index (χ0) is 11.1. The molecule has 0 aromatic carbocycles. The first-order chi connectivity index (χ1) is 6.69. The van der Waals surface area contributed by atoms with E-state index < -0.39 is 0 Å². The van der Waals surface area contributed by atoms with Crippen molar-refractivity contribution in [2.45, 2.75) is 19.0 Å². The van der Waals surface area contributed by atoms with Crippen molar-refractivity contribution in [1.82, 2.24) is 9.97 Å². The molecule has 3 nitrogen and oxygen atoms in total. The van der Waals surface area contributed by atoms with Crippen LogP contribution in [-0.2, 0) is 0 Å². The van der Waals surface area contributed by atoms with E-state index >= 15 is 0 Å². The SMILES string of the molecule is C=Cc1c(Cl)nc(SC)[nH]c1=O.CC. The first kappa shape index (κ1) is 13.3. The molecule has 14 heavy (non-hydrogen) atoms. The largest absolute Gasteiger partial charge is 0.301 e. The van der Waals surface area contributed by atoms with Crippen molar-refractivity contribution >= 4 is 29.4 Å². The molecule has 0 bridgehead atoms. The summed E-state index contributed by atoms with van der Waals surface area (Å²) in [6, 6.07) is 0. The van der Waals surface area contributed by atoms with Crippen LogP contribution in [0.3, 0.4) is 0 Å². The van der Waals surface area contributed by atoms with E-state index in [2.05, 4.69) is 16.5 Å². The van der Waals surface area contributed by atoms with Crippen molar-refractivity contribution in [1.29, 1.82) is 0 Å². The molecule has 0 atom stereocenters. The number of H-pyrrole nitrogens is 1. The molecule has 5 heteroatoms. The minimum Gasteiger partial charge on any atom is -0.301 e. The molecule has 0 unspecified atom stereocenters. The molecule has 1 heterocycles. The van der Waals surface area contributed by atoms with Crippen molar-refractivity contribution in [2.75, 3.05) is 6.26 Å². The van der Waals surface area contributed by atoms with Gasteiger partial charge in [-0.1, -0.05) is 49.9 Å². The summed E-state index contributed by atoms with van der Waals surface area (Å²) in [6.07, 6.45) is 3.19. The lowest BCUT2D eigenvalue weighted by Crippen LogP contribution is -2.12. The maximum absolute atomic E-state index is 11.2. The summed E-state index contributed by atoms with van der Waals surface area (Å²) in [7, 11) is 0. The molecule has 1 aromatic heterocycles. The van der Waals surface area contributed by atoms with Gasteiger partial charge in [0.2, 0.25) is 0 Å². The molecule has 0 saturated heterocycles. The first-order valence-electron chi connectivity index (χ1n) is 4.15. The quantitative estimate of drug-likeness (QED) is 0.485. The monoisotopic (exact) mass is 232 g/mol. The van der Waals surface area contributed by atoms with E-state index in [1.807, 2.05) is 20.1 Å². The highest BCUT2D eigenvalue weighted by atomic mass is 35.5. The van der Waals surface area contributed by atoms with Crippen LogP contribution in [0, 0.1) is 0 Å². The maximum atomic E-state index is 11.2.